The van der Waals surface area contributed by atoms with Crippen molar-refractivity contribution in [1.82, 2.24) is 0 Å². The Labute approximate surface area is 123 Å². The minimum absolute atomic E-state index is 0.151. The molecule has 0 aromatic carbocycles. The molecule has 0 saturated heterocycles. The maximum absolute atomic E-state index is 9.25. The first-order chi connectivity index (χ1) is 9.70. The van der Waals surface area contributed by atoms with E-state index in [1.54, 1.807) is 6.92 Å². The lowest BCUT2D eigenvalue weighted by Crippen LogP contribution is -2.41. The van der Waals surface area contributed by atoms with Crippen LogP contribution in [0.3, 0.4) is 0 Å². The first-order valence-corrected chi connectivity index (χ1v) is 5.85. The normalized spacial score (nSPS) is 10.9. The van der Waals surface area contributed by atoms with E-state index in [-0.39, 0.29) is 32.3 Å². The van der Waals surface area contributed by atoms with Gasteiger partial charge in [-0.2, -0.15) is 0 Å². The Morgan fingerprint density at radius 1 is 0.952 bits per heavy atom. The number of carboxylic acids is 2. The molecule has 8 nitrogen and oxygen atoms in total. The molecule has 0 radical (unpaired) electrons. The second kappa shape index (κ2) is 14.7. The van der Waals surface area contributed by atoms with Crippen molar-refractivity contribution in [3.63, 3.8) is 0 Å². The molecular formula is C13H24O8. The molecule has 0 heterocycles. The van der Waals surface area contributed by atoms with Gasteiger partial charge in [0, 0.05) is 24.2 Å². The minimum Gasteiger partial charge on any atom is -0.478 e. The lowest BCUT2D eigenvalue weighted by atomic mass is 9.79. The molecule has 0 amide bonds. The van der Waals surface area contributed by atoms with Crippen molar-refractivity contribution in [1.29, 1.82) is 0 Å². The fourth-order valence-corrected chi connectivity index (χ4v) is 0.811. The molecule has 0 aliphatic carbocycles. The number of hydrogen-bond acceptors (Lipinski definition) is 6. The standard InChI is InChI=1S/C7H16O4.2C3H4O2/c1-6(2-8)7(3-9,4-10)5-11;2*1-2-3(4)5/h6,8-11H,2-5H2,1H3;2*2H,1H2,(H,4,5). The van der Waals surface area contributed by atoms with Crippen LogP contribution in [0.5, 0.6) is 0 Å². The smallest absolute Gasteiger partial charge is 0.327 e. The summed E-state index contributed by atoms with van der Waals surface area (Å²) in [6.07, 6.45) is 1.67. The molecular weight excluding hydrogens is 284 g/mol. The van der Waals surface area contributed by atoms with E-state index >= 15 is 0 Å². The van der Waals surface area contributed by atoms with Crippen LogP contribution in [-0.4, -0.2) is 69.0 Å². The molecule has 0 saturated carbocycles. The van der Waals surface area contributed by atoms with Gasteiger partial charge in [0.1, 0.15) is 0 Å². The van der Waals surface area contributed by atoms with E-state index in [2.05, 4.69) is 13.2 Å². The molecule has 0 spiro atoms. The Bertz CT molecular complexity index is 283. The highest BCUT2D eigenvalue weighted by molar-refractivity contribution is 5.79. The van der Waals surface area contributed by atoms with Gasteiger partial charge in [-0.3, -0.25) is 0 Å². The van der Waals surface area contributed by atoms with E-state index in [1.165, 1.54) is 0 Å². The molecule has 0 aromatic heterocycles. The highest BCUT2D eigenvalue weighted by atomic mass is 16.4. The van der Waals surface area contributed by atoms with E-state index in [4.69, 9.17) is 30.6 Å². The van der Waals surface area contributed by atoms with Crippen molar-refractivity contribution in [3.8, 4) is 0 Å². The van der Waals surface area contributed by atoms with Crippen LogP contribution in [0.2, 0.25) is 0 Å². The number of carboxylic acid groups (broad SMARTS) is 2. The molecule has 21 heavy (non-hydrogen) atoms. The zero-order valence-electron chi connectivity index (χ0n) is 12.0. The molecule has 0 aliphatic heterocycles. The van der Waals surface area contributed by atoms with Gasteiger partial charge in [-0.15, -0.1) is 0 Å². The van der Waals surface area contributed by atoms with Crippen molar-refractivity contribution in [2.24, 2.45) is 11.3 Å². The van der Waals surface area contributed by atoms with E-state index in [0.717, 1.165) is 12.2 Å². The van der Waals surface area contributed by atoms with Gasteiger partial charge in [-0.25, -0.2) is 9.59 Å². The Morgan fingerprint density at radius 2 is 1.19 bits per heavy atom. The molecule has 0 aliphatic rings. The third-order valence-corrected chi connectivity index (χ3v) is 2.61. The van der Waals surface area contributed by atoms with Crippen molar-refractivity contribution >= 4 is 11.9 Å². The molecule has 0 bridgehead atoms. The van der Waals surface area contributed by atoms with Gasteiger partial charge in [0.05, 0.1) is 19.8 Å². The average Bonchev–Trinajstić information content (AvgIpc) is 2.50. The third kappa shape index (κ3) is 13.0. The number of hydrogen-bond donors (Lipinski definition) is 6. The SMILES string of the molecule is C=CC(=O)O.C=CC(=O)O.CC(CO)C(CO)(CO)CO. The van der Waals surface area contributed by atoms with Gasteiger partial charge >= 0.3 is 11.9 Å². The molecule has 6 N–H and O–H groups in total. The van der Waals surface area contributed by atoms with E-state index in [9.17, 15) is 9.59 Å². The summed E-state index contributed by atoms with van der Waals surface area (Å²) in [6.45, 7) is 6.49. The minimum atomic E-state index is -0.981. The number of carbonyl (C=O) groups is 2. The van der Waals surface area contributed by atoms with Gasteiger partial charge in [0.25, 0.3) is 0 Å². The zero-order valence-corrected chi connectivity index (χ0v) is 12.0. The summed E-state index contributed by atoms with van der Waals surface area (Å²) < 4.78 is 0. The molecule has 1 unspecified atom stereocenters. The van der Waals surface area contributed by atoms with Crippen LogP contribution in [-0.2, 0) is 9.59 Å². The molecule has 8 heteroatoms. The Balaban J connectivity index is -0.000000270. The van der Waals surface area contributed by atoms with Crippen LogP contribution in [0.15, 0.2) is 25.3 Å². The topological polar surface area (TPSA) is 156 Å². The van der Waals surface area contributed by atoms with Gasteiger partial charge in [0.15, 0.2) is 0 Å². The number of aliphatic hydroxyl groups excluding tert-OH is 4. The number of aliphatic carboxylic acids is 2. The largest absolute Gasteiger partial charge is 0.478 e. The van der Waals surface area contributed by atoms with Crippen LogP contribution < -0.4 is 0 Å². The molecule has 124 valence electrons. The summed E-state index contributed by atoms with van der Waals surface area (Å²) in [7, 11) is 0. The lowest BCUT2D eigenvalue weighted by molar-refractivity contribution is -0.132. The molecule has 0 aromatic rings. The van der Waals surface area contributed by atoms with Crippen LogP contribution >= 0.6 is 0 Å². The van der Waals surface area contributed by atoms with Crippen LogP contribution in [0.4, 0.5) is 0 Å². The zero-order chi connectivity index (χ0) is 17.5. The summed E-state index contributed by atoms with van der Waals surface area (Å²) in [5, 5.41) is 50.5. The molecule has 0 rings (SSSR count). The monoisotopic (exact) mass is 308 g/mol. The predicted molar refractivity (Wildman–Crippen MR) is 75.6 cm³/mol. The van der Waals surface area contributed by atoms with E-state index < -0.39 is 17.4 Å². The van der Waals surface area contributed by atoms with Gasteiger partial charge in [-0.05, 0) is 5.92 Å². The van der Waals surface area contributed by atoms with Gasteiger partial charge < -0.3 is 30.6 Å². The van der Waals surface area contributed by atoms with Gasteiger partial charge in [-0.1, -0.05) is 20.1 Å². The van der Waals surface area contributed by atoms with E-state index in [1.807, 2.05) is 0 Å². The van der Waals surface area contributed by atoms with E-state index in [0.29, 0.717) is 0 Å². The van der Waals surface area contributed by atoms with Crippen molar-refractivity contribution in [2.45, 2.75) is 6.92 Å². The predicted octanol–water partition coefficient (Wildman–Crippen LogP) is -0.908. The Morgan fingerprint density at radius 3 is 1.24 bits per heavy atom. The summed E-state index contributed by atoms with van der Waals surface area (Å²) in [6, 6.07) is 0. The van der Waals surface area contributed by atoms with Crippen LogP contribution in [0.25, 0.3) is 0 Å². The summed E-state index contributed by atoms with van der Waals surface area (Å²) in [4.78, 5) is 18.5. The van der Waals surface area contributed by atoms with Crippen LogP contribution in [0.1, 0.15) is 6.92 Å². The number of aliphatic hydroxyl groups is 4. The van der Waals surface area contributed by atoms with Crippen molar-refractivity contribution in [3.05, 3.63) is 25.3 Å². The maximum atomic E-state index is 9.25. The second-order valence-corrected chi connectivity index (χ2v) is 4.01. The van der Waals surface area contributed by atoms with Crippen molar-refractivity contribution < 1.29 is 40.2 Å². The molecule has 0 fully saturated rings. The summed E-state index contributed by atoms with van der Waals surface area (Å²) in [5.74, 6) is -2.27. The van der Waals surface area contributed by atoms with Gasteiger partial charge in [0.2, 0.25) is 0 Å². The lowest BCUT2D eigenvalue weighted by Gasteiger charge is -2.32. The fraction of sp³-hybridized carbons (Fsp3) is 0.538. The fourth-order valence-electron chi connectivity index (χ4n) is 0.811. The first kappa shape index (κ1) is 24.3. The highest BCUT2D eigenvalue weighted by Gasteiger charge is 2.34. The Hall–Kier alpha value is -1.74. The second-order valence-electron chi connectivity index (χ2n) is 4.01. The van der Waals surface area contributed by atoms with Crippen LogP contribution in [0, 0.1) is 11.3 Å². The Kier molecular flexibility index (Phi) is 17.0. The maximum Gasteiger partial charge on any atom is 0.327 e. The number of rotatable bonds is 7. The quantitative estimate of drug-likeness (QED) is 0.330. The average molecular weight is 308 g/mol. The first-order valence-electron chi connectivity index (χ1n) is 5.85. The van der Waals surface area contributed by atoms with Crippen molar-refractivity contribution in [2.75, 3.05) is 26.4 Å². The molecule has 1 atom stereocenters. The summed E-state index contributed by atoms with van der Waals surface area (Å²) >= 11 is 0. The highest BCUT2D eigenvalue weighted by Crippen LogP contribution is 2.25. The summed E-state index contributed by atoms with van der Waals surface area (Å²) in [5.41, 5.74) is -0.950. The third-order valence-electron chi connectivity index (χ3n) is 2.61.